The highest BCUT2D eigenvalue weighted by Crippen LogP contribution is 2.38. The van der Waals surface area contributed by atoms with Gasteiger partial charge in [0, 0.05) is 38.9 Å². The Labute approximate surface area is 286 Å². The average Bonchev–Trinajstić information content (AvgIpc) is 3.13. The monoisotopic (exact) mass is 672 g/mol. The lowest BCUT2D eigenvalue weighted by molar-refractivity contribution is -0.296. The van der Waals surface area contributed by atoms with Crippen LogP contribution in [0.25, 0.3) is 5.76 Å². The van der Waals surface area contributed by atoms with Gasteiger partial charge in [0.05, 0.1) is 25.9 Å². The molecule has 0 spiro atoms. The first-order valence-electron chi connectivity index (χ1n) is 17.0. The maximum absolute atomic E-state index is 9.79. The Hall–Kier alpha value is -3.25. The average molecular weight is 673 g/mol. The molecule has 2 aromatic rings. The SMILES string of the molecule is C=CCOOCCCCCCOc1ccc(C(OO)C2CCC(Oc3ccc(C(=C)OCCCOCCCOC)cc3)CC2)cc1.C=O. The largest absolute Gasteiger partial charge is 0.494 e. The van der Waals surface area contributed by atoms with E-state index in [0.29, 0.717) is 52.0 Å². The van der Waals surface area contributed by atoms with Gasteiger partial charge in [0.15, 0.2) is 0 Å². The summed E-state index contributed by atoms with van der Waals surface area (Å²) < 4.78 is 28.6. The molecular weight excluding hydrogens is 616 g/mol. The van der Waals surface area contributed by atoms with Crippen LogP contribution in [-0.4, -0.2) is 71.5 Å². The van der Waals surface area contributed by atoms with E-state index in [-0.39, 0.29) is 18.1 Å². The lowest BCUT2D eigenvalue weighted by atomic mass is 9.81. The van der Waals surface area contributed by atoms with Crippen LogP contribution in [0.15, 0.2) is 67.8 Å². The number of ether oxygens (including phenoxy) is 5. The van der Waals surface area contributed by atoms with Crippen LogP contribution in [0, 0.1) is 5.92 Å². The zero-order valence-electron chi connectivity index (χ0n) is 28.7. The number of methoxy groups -OCH3 is 1. The molecule has 2 aromatic carbocycles. The summed E-state index contributed by atoms with van der Waals surface area (Å²) in [4.78, 5) is 23.0. The zero-order valence-corrected chi connectivity index (χ0v) is 28.7. The molecule has 0 aliphatic heterocycles. The number of carbonyl (C=O) groups is 1. The maximum atomic E-state index is 9.79. The third-order valence-electron chi connectivity index (χ3n) is 7.95. The molecule has 1 N–H and O–H groups in total. The molecule has 0 bridgehead atoms. The minimum atomic E-state index is -0.375. The molecule has 0 saturated heterocycles. The predicted molar refractivity (Wildman–Crippen MR) is 186 cm³/mol. The van der Waals surface area contributed by atoms with Crippen LogP contribution < -0.4 is 9.47 Å². The summed E-state index contributed by atoms with van der Waals surface area (Å²) in [5, 5.41) is 9.79. The fraction of sp³-hybridized carbons (Fsp3) is 0.553. The molecule has 0 amide bonds. The van der Waals surface area contributed by atoms with Crippen molar-refractivity contribution in [3.8, 4) is 11.5 Å². The van der Waals surface area contributed by atoms with E-state index in [4.69, 9.17) is 43.1 Å². The van der Waals surface area contributed by atoms with Crippen LogP contribution in [0.4, 0.5) is 0 Å². The first-order chi connectivity index (χ1) is 23.6. The summed E-state index contributed by atoms with van der Waals surface area (Å²) >= 11 is 0. The molecule has 1 unspecified atom stereocenters. The van der Waals surface area contributed by atoms with E-state index in [1.165, 1.54) is 0 Å². The molecule has 1 saturated carbocycles. The van der Waals surface area contributed by atoms with Crippen molar-refractivity contribution in [2.75, 3.05) is 53.4 Å². The van der Waals surface area contributed by atoms with Gasteiger partial charge in [-0.3, -0.25) is 5.26 Å². The second-order valence-corrected chi connectivity index (χ2v) is 11.5. The van der Waals surface area contributed by atoms with Crippen LogP contribution in [0.3, 0.4) is 0 Å². The van der Waals surface area contributed by atoms with Crippen molar-refractivity contribution in [2.45, 2.75) is 76.4 Å². The fourth-order valence-electron chi connectivity index (χ4n) is 5.40. The van der Waals surface area contributed by atoms with E-state index in [1.54, 1.807) is 13.2 Å². The second-order valence-electron chi connectivity index (χ2n) is 11.5. The summed E-state index contributed by atoms with van der Waals surface area (Å²) in [6.07, 6.45) is 10.8. The topological polar surface area (TPSA) is 111 Å². The molecular formula is C38H56O10. The van der Waals surface area contributed by atoms with Crippen molar-refractivity contribution in [2.24, 2.45) is 5.92 Å². The highest BCUT2D eigenvalue weighted by Gasteiger charge is 2.30. The number of carbonyl (C=O) groups excluding carboxylic acids is 1. The maximum Gasteiger partial charge on any atom is 0.120 e. The van der Waals surface area contributed by atoms with Crippen molar-refractivity contribution >= 4 is 12.5 Å². The number of hydrogen-bond donors (Lipinski definition) is 1. The van der Waals surface area contributed by atoms with Crippen LogP contribution in [0.1, 0.15) is 81.4 Å². The van der Waals surface area contributed by atoms with Gasteiger partial charge >= 0.3 is 0 Å². The van der Waals surface area contributed by atoms with Gasteiger partial charge in [0.1, 0.15) is 36.8 Å². The van der Waals surface area contributed by atoms with E-state index in [1.807, 2.05) is 55.3 Å². The van der Waals surface area contributed by atoms with Gasteiger partial charge in [-0.05, 0) is 99.2 Å². The summed E-state index contributed by atoms with van der Waals surface area (Å²) in [6.45, 7) is 13.9. The van der Waals surface area contributed by atoms with Gasteiger partial charge in [-0.25, -0.2) is 14.7 Å². The van der Waals surface area contributed by atoms with Crippen LogP contribution >= 0.6 is 0 Å². The fourth-order valence-corrected chi connectivity index (χ4v) is 5.40. The minimum Gasteiger partial charge on any atom is -0.494 e. The molecule has 1 aliphatic carbocycles. The van der Waals surface area contributed by atoms with Crippen LogP contribution in [0.2, 0.25) is 0 Å². The lowest BCUT2D eigenvalue weighted by Crippen LogP contribution is -2.27. The number of rotatable bonds is 26. The standard InChI is InChI=1S/C37H54O9.CH2O/c1-4-23-43-44-29-8-6-5-7-27-42-34-17-13-32(14-18-34)37(46-38)33-15-21-36(22-16-33)45-35-19-11-31(12-20-35)30(2)41-28-10-26-40-25-9-24-39-3;1-2/h4,11-14,17-20,33,36-38H,1-2,5-10,15-16,21-29H2,3H3;1H2. The summed E-state index contributed by atoms with van der Waals surface area (Å²) in [6, 6.07) is 15.8. The molecule has 1 aliphatic rings. The number of benzene rings is 2. The van der Waals surface area contributed by atoms with Gasteiger partial charge in [-0.1, -0.05) is 31.2 Å². The van der Waals surface area contributed by atoms with Gasteiger partial charge < -0.3 is 28.5 Å². The molecule has 10 nitrogen and oxygen atoms in total. The zero-order chi connectivity index (χ0) is 34.7. The molecule has 268 valence electrons. The van der Waals surface area contributed by atoms with E-state index < -0.39 is 0 Å². The summed E-state index contributed by atoms with van der Waals surface area (Å²) in [5.74, 6) is 2.50. The normalized spacial score (nSPS) is 16.3. The molecule has 1 fully saturated rings. The quantitative estimate of drug-likeness (QED) is 0.0345. The van der Waals surface area contributed by atoms with E-state index >= 15 is 0 Å². The highest BCUT2D eigenvalue weighted by molar-refractivity contribution is 5.58. The Morgan fingerprint density at radius 3 is 2.08 bits per heavy atom. The predicted octanol–water partition coefficient (Wildman–Crippen LogP) is 8.17. The smallest absolute Gasteiger partial charge is 0.120 e. The Morgan fingerprint density at radius 2 is 1.44 bits per heavy atom. The van der Waals surface area contributed by atoms with E-state index in [9.17, 15) is 5.26 Å². The Balaban J connectivity index is 0.00000392. The van der Waals surface area contributed by atoms with E-state index in [0.717, 1.165) is 86.8 Å². The van der Waals surface area contributed by atoms with Crippen molar-refractivity contribution in [1.29, 1.82) is 0 Å². The molecule has 48 heavy (non-hydrogen) atoms. The first kappa shape index (κ1) is 40.9. The first-order valence-corrected chi connectivity index (χ1v) is 17.0. The van der Waals surface area contributed by atoms with Crippen molar-refractivity contribution in [3.63, 3.8) is 0 Å². The van der Waals surface area contributed by atoms with Crippen LogP contribution in [0.5, 0.6) is 11.5 Å². The van der Waals surface area contributed by atoms with E-state index in [2.05, 4.69) is 13.2 Å². The molecule has 1 atom stereocenters. The summed E-state index contributed by atoms with van der Waals surface area (Å²) in [7, 11) is 1.69. The molecule has 0 aromatic heterocycles. The van der Waals surface area contributed by atoms with Gasteiger partial charge in [-0.15, -0.1) is 6.58 Å². The number of hydrogen-bond acceptors (Lipinski definition) is 10. The van der Waals surface area contributed by atoms with Gasteiger partial charge in [0.25, 0.3) is 0 Å². The van der Waals surface area contributed by atoms with Crippen molar-refractivity contribution in [1.82, 2.24) is 0 Å². The molecule has 0 radical (unpaired) electrons. The molecule has 10 heteroatoms. The molecule has 3 rings (SSSR count). The second kappa shape index (κ2) is 26.7. The minimum absolute atomic E-state index is 0.124. The van der Waals surface area contributed by atoms with Crippen molar-refractivity contribution in [3.05, 3.63) is 78.9 Å². The summed E-state index contributed by atoms with van der Waals surface area (Å²) in [5.41, 5.74) is 1.88. The third-order valence-corrected chi connectivity index (χ3v) is 7.95. The van der Waals surface area contributed by atoms with Gasteiger partial charge in [-0.2, -0.15) is 0 Å². The van der Waals surface area contributed by atoms with Crippen molar-refractivity contribution < 1.29 is 48.4 Å². The van der Waals surface area contributed by atoms with Gasteiger partial charge in [0.2, 0.25) is 0 Å². The van der Waals surface area contributed by atoms with Crippen LogP contribution in [-0.2, 0) is 33.7 Å². The Bertz CT molecular complexity index is 1080. The number of unbranched alkanes of at least 4 members (excludes halogenated alkanes) is 3. The highest BCUT2D eigenvalue weighted by atomic mass is 17.2. The third kappa shape index (κ3) is 16.7. The Kier molecular flexibility index (Phi) is 22.7. The lowest BCUT2D eigenvalue weighted by Gasteiger charge is -2.32. The molecule has 0 heterocycles. The Morgan fingerprint density at radius 1 is 0.792 bits per heavy atom.